The number of benzene rings is 1. The first-order chi connectivity index (χ1) is 10.8. The first kappa shape index (κ1) is 16.1. The fraction of sp³-hybridized carbons (Fsp3) is 0.167. The van der Waals surface area contributed by atoms with Gasteiger partial charge in [-0.2, -0.15) is 8.42 Å². The molecule has 2 aromatic rings. The average Bonchev–Trinajstić information content (AvgIpc) is 2.80. The van der Waals surface area contributed by atoms with E-state index in [1.54, 1.807) is 13.1 Å². The number of anilines is 2. The van der Waals surface area contributed by atoms with Crippen LogP contribution in [0.5, 0.6) is 5.75 Å². The highest BCUT2D eigenvalue weighted by atomic mass is 79.9. The van der Waals surface area contributed by atoms with Crippen molar-refractivity contribution in [1.82, 2.24) is 9.55 Å². The van der Waals surface area contributed by atoms with Crippen molar-refractivity contribution in [2.45, 2.75) is 5.03 Å². The molecular formula is C12H10BrClN4O4S. The molecule has 0 atom stereocenters. The summed E-state index contributed by atoms with van der Waals surface area (Å²) < 4.78 is 34.2. The predicted molar refractivity (Wildman–Crippen MR) is 87.3 cm³/mol. The number of amides is 1. The van der Waals surface area contributed by atoms with E-state index in [-0.39, 0.29) is 28.5 Å². The Balaban J connectivity index is 1.95. The van der Waals surface area contributed by atoms with Crippen molar-refractivity contribution < 1.29 is 17.9 Å². The van der Waals surface area contributed by atoms with Crippen LogP contribution in [0.15, 0.2) is 27.8 Å². The molecule has 23 heavy (non-hydrogen) atoms. The van der Waals surface area contributed by atoms with Crippen molar-refractivity contribution in [1.29, 1.82) is 0 Å². The highest BCUT2D eigenvalue weighted by molar-refractivity contribution is 9.10. The molecule has 0 bridgehead atoms. The third-order valence-corrected chi connectivity index (χ3v) is 5.26. The van der Waals surface area contributed by atoms with E-state index < -0.39 is 10.0 Å². The molecule has 2 N–H and O–H groups in total. The maximum atomic E-state index is 12.4. The van der Waals surface area contributed by atoms with Crippen LogP contribution in [0.25, 0.3) is 0 Å². The monoisotopic (exact) mass is 420 g/mol. The van der Waals surface area contributed by atoms with Crippen LogP contribution in [0, 0.1) is 0 Å². The molecule has 8 nitrogen and oxygen atoms in total. The van der Waals surface area contributed by atoms with Crippen molar-refractivity contribution in [2.75, 3.05) is 16.6 Å². The number of hydrogen-bond donors (Lipinski definition) is 2. The number of halogens is 2. The van der Waals surface area contributed by atoms with Gasteiger partial charge >= 0.3 is 0 Å². The number of aryl methyl sites for hydroxylation is 1. The molecule has 1 amide bonds. The largest absolute Gasteiger partial charge is 0.482 e. The minimum Gasteiger partial charge on any atom is -0.482 e. The van der Waals surface area contributed by atoms with Crippen molar-refractivity contribution in [3.05, 3.63) is 28.1 Å². The van der Waals surface area contributed by atoms with Crippen LogP contribution in [0.4, 0.5) is 11.4 Å². The minimum atomic E-state index is -3.91. The summed E-state index contributed by atoms with van der Waals surface area (Å²) in [5, 5.41) is 2.48. The molecule has 0 aliphatic carbocycles. The molecule has 1 aliphatic rings. The van der Waals surface area contributed by atoms with Gasteiger partial charge in [0, 0.05) is 23.8 Å². The van der Waals surface area contributed by atoms with Crippen LogP contribution < -0.4 is 14.8 Å². The highest BCUT2D eigenvalue weighted by Gasteiger charge is 2.23. The topological polar surface area (TPSA) is 102 Å². The number of nitrogens with zero attached hydrogens (tertiary/aromatic N) is 2. The molecule has 1 aliphatic heterocycles. The normalized spacial score (nSPS) is 14.0. The summed E-state index contributed by atoms with van der Waals surface area (Å²) in [6.07, 6.45) is 1.30. The summed E-state index contributed by atoms with van der Waals surface area (Å²) in [6.45, 7) is -0.128. The van der Waals surface area contributed by atoms with E-state index >= 15 is 0 Å². The molecule has 0 fully saturated rings. The van der Waals surface area contributed by atoms with Gasteiger partial charge in [-0.05, 0) is 33.6 Å². The van der Waals surface area contributed by atoms with E-state index in [0.29, 0.717) is 15.9 Å². The molecule has 0 spiro atoms. The Morgan fingerprint density at radius 2 is 2.22 bits per heavy atom. The average molecular weight is 422 g/mol. The molecular weight excluding hydrogens is 412 g/mol. The number of rotatable bonds is 3. The predicted octanol–water partition coefficient (Wildman–Crippen LogP) is 1.97. The van der Waals surface area contributed by atoms with Gasteiger partial charge in [-0.25, -0.2) is 4.98 Å². The van der Waals surface area contributed by atoms with Crippen LogP contribution in [0.2, 0.25) is 5.28 Å². The Labute approximate surface area is 145 Å². The number of ether oxygens (including phenoxy) is 1. The molecule has 11 heteroatoms. The number of fused-ring (bicyclic) bond motifs is 1. The molecule has 2 heterocycles. The quantitative estimate of drug-likeness (QED) is 0.789. The molecule has 1 aromatic heterocycles. The van der Waals surface area contributed by atoms with Gasteiger partial charge in [0.15, 0.2) is 11.6 Å². The number of aromatic nitrogens is 2. The molecule has 0 saturated heterocycles. The van der Waals surface area contributed by atoms with Gasteiger partial charge in [0.05, 0.1) is 11.4 Å². The summed E-state index contributed by atoms with van der Waals surface area (Å²) in [5.41, 5.74) is 0.707. The van der Waals surface area contributed by atoms with Gasteiger partial charge in [-0.1, -0.05) is 0 Å². The lowest BCUT2D eigenvalue weighted by Crippen LogP contribution is -2.25. The van der Waals surface area contributed by atoms with Gasteiger partial charge in [0.1, 0.15) is 5.75 Å². The smallest absolute Gasteiger partial charge is 0.281 e. The summed E-state index contributed by atoms with van der Waals surface area (Å²) in [7, 11) is -2.33. The zero-order valence-corrected chi connectivity index (χ0v) is 14.8. The van der Waals surface area contributed by atoms with Gasteiger partial charge in [-0.15, -0.1) is 0 Å². The molecule has 1 aromatic carbocycles. The second-order valence-corrected chi connectivity index (χ2v) is 7.55. The zero-order chi connectivity index (χ0) is 16.8. The van der Waals surface area contributed by atoms with Crippen LogP contribution in [0.3, 0.4) is 0 Å². The number of sulfonamides is 1. The third kappa shape index (κ3) is 3.14. The molecule has 0 radical (unpaired) electrons. The Morgan fingerprint density at radius 3 is 2.87 bits per heavy atom. The fourth-order valence-electron chi connectivity index (χ4n) is 1.92. The standard InChI is InChI=1S/C12H10BrClN4O4S/c1-18-4-11(16-12(18)14)23(20,21)17-7-3-9-8(2-6(7)13)15-10(19)5-22-9/h2-4,17H,5H2,1H3,(H,15,19). The molecule has 3 rings (SSSR count). The lowest BCUT2D eigenvalue weighted by Gasteiger charge is -2.19. The van der Waals surface area contributed by atoms with Gasteiger partial charge < -0.3 is 14.6 Å². The number of nitrogens with one attached hydrogen (secondary N) is 2. The summed E-state index contributed by atoms with van der Waals surface area (Å²) in [4.78, 5) is 15.1. The first-order valence-electron chi connectivity index (χ1n) is 6.24. The lowest BCUT2D eigenvalue weighted by molar-refractivity contribution is -0.118. The summed E-state index contributed by atoms with van der Waals surface area (Å²) >= 11 is 9.02. The van der Waals surface area contributed by atoms with E-state index in [0.717, 1.165) is 0 Å². The van der Waals surface area contributed by atoms with Crippen LogP contribution in [-0.2, 0) is 21.9 Å². The van der Waals surface area contributed by atoms with Crippen molar-refractivity contribution in [2.24, 2.45) is 7.05 Å². The van der Waals surface area contributed by atoms with Crippen LogP contribution in [-0.4, -0.2) is 30.5 Å². The SMILES string of the molecule is Cn1cc(S(=O)(=O)Nc2cc3c(cc2Br)NC(=O)CO3)nc1Cl. The summed E-state index contributed by atoms with van der Waals surface area (Å²) in [6, 6.07) is 3.02. The number of carbonyl (C=O) groups is 1. The second kappa shape index (κ2) is 5.69. The van der Waals surface area contributed by atoms with Crippen molar-refractivity contribution in [3.8, 4) is 5.75 Å². The third-order valence-electron chi connectivity index (χ3n) is 3.02. The Bertz CT molecular complexity index is 893. The van der Waals surface area contributed by atoms with E-state index in [9.17, 15) is 13.2 Å². The zero-order valence-electron chi connectivity index (χ0n) is 11.6. The van der Waals surface area contributed by atoms with Gasteiger partial charge in [-0.3, -0.25) is 9.52 Å². The number of imidazole rings is 1. The van der Waals surface area contributed by atoms with Crippen molar-refractivity contribution >= 4 is 54.8 Å². The lowest BCUT2D eigenvalue weighted by atomic mass is 10.2. The Morgan fingerprint density at radius 1 is 1.48 bits per heavy atom. The Kier molecular flexibility index (Phi) is 3.98. The number of carbonyl (C=O) groups excluding carboxylic acids is 1. The molecule has 0 unspecified atom stereocenters. The van der Waals surface area contributed by atoms with Crippen molar-refractivity contribution in [3.63, 3.8) is 0 Å². The van der Waals surface area contributed by atoms with Crippen LogP contribution >= 0.6 is 27.5 Å². The number of hydrogen-bond acceptors (Lipinski definition) is 5. The Hall–Kier alpha value is -1.78. The van der Waals surface area contributed by atoms with E-state index in [1.807, 2.05) is 0 Å². The molecule has 0 saturated carbocycles. The van der Waals surface area contributed by atoms with E-state index in [4.69, 9.17) is 16.3 Å². The molecule has 122 valence electrons. The summed E-state index contributed by atoms with van der Waals surface area (Å²) in [5.74, 6) is 0.0883. The van der Waals surface area contributed by atoms with E-state index in [1.165, 1.54) is 16.8 Å². The van der Waals surface area contributed by atoms with Crippen LogP contribution in [0.1, 0.15) is 0 Å². The minimum absolute atomic E-state index is 0.0564. The van der Waals surface area contributed by atoms with E-state index in [2.05, 4.69) is 31.0 Å². The maximum absolute atomic E-state index is 12.4. The first-order valence-corrected chi connectivity index (χ1v) is 8.89. The van der Waals surface area contributed by atoms with Gasteiger partial charge in [0.2, 0.25) is 5.28 Å². The highest BCUT2D eigenvalue weighted by Crippen LogP contribution is 2.37. The van der Waals surface area contributed by atoms with Gasteiger partial charge in [0.25, 0.3) is 15.9 Å². The fourth-order valence-corrected chi connectivity index (χ4v) is 3.75. The maximum Gasteiger partial charge on any atom is 0.281 e. The second-order valence-electron chi connectivity index (χ2n) is 4.73.